The van der Waals surface area contributed by atoms with Crippen LogP contribution in [0.1, 0.15) is 107 Å². The van der Waals surface area contributed by atoms with Crippen molar-refractivity contribution in [3.8, 4) is 11.5 Å². The summed E-state index contributed by atoms with van der Waals surface area (Å²) in [6.45, 7) is 14.7. The van der Waals surface area contributed by atoms with Crippen molar-refractivity contribution in [1.82, 2.24) is 0 Å². The van der Waals surface area contributed by atoms with Gasteiger partial charge in [-0.3, -0.25) is 14.4 Å². The lowest BCUT2D eigenvalue weighted by Gasteiger charge is -2.47. The highest BCUT2D eigenvalue weighted by Crippen LogP contribution is 2.53. The van der Waals surface area contributed by atoms with Crippen LogP contribution in [0.4, 0.5) is 0 Å². The van der Waals surface area contributed by atoms with Crippen molar-refractivity contribution in [3.63, 3.8) is 0 Å². The molecule has 1 aliphatic carbocycles. The number of esters is 3. The second-order valence-electron chi connectivity index (χ2n) is 11.6. The van der Waals surface area contributed by atoms with E-state index >= 15 is 0 Å². The van der Waals surface area contributed by atoms with Gasteiger partial charge in [0.05, 0.1) is 16.2 Å². The molecule has 0 aliphatic heterocycles. The third-order valence-corrected chi connectivity index (χ3v) is 9.03. The maximum atomic E-state index is 14.0. The number of phenolic OH excluding ortho intramolecular Hbond substituents is 1. The molecule has 0 aromatic heterocycles. The number of benzene rings is 1. The minimum Gasteiger partial charge on any atom is -0.508 e. The van der Waals surface area contributed by atoms with E-state index in [-0.39, 0.29) is 17.9 Å². The van der Waals surface area contributed by atoms with Crippen LogP contribution in [-0.4, -0.2) is 41.5 Å². The van der Waals surface area contributed by atoms with Crippen molar-refractivity contribution in [3.05, 3.63) is 24.3 Å². The normalized spacial score (nSPS) is 20.1. The van der Waals surface area contributed by atoms with Crippen LogP contribution in [0.5, 0.6) is 11.5 Å². The lowest BCUT2D eigenvalue weighted by Crippen LogP contribution is -2.55. The summed E-state index contributed by atoms with van der Waals surface area (Å²) < 4.78 is 23.1. The molecule has 1 aromatic rings. The van der Waals surface area contributed by atoms with Crippen LogP contribution in [0.2, 0.25) is 0 Å². The second kappa shape index (κ2) is 13.2. The second-order valence-corrected chi connectivity index (χ2v) is 11.6. The third kappa shape index (κ3) is 7.13. The molecular formula is C31H48O8. The van der Waals surface area contributed by atoms with Gasteiger partial charge in [-0.25, -0.2) is 0 Å². The van der Waals surface area contributed by atoms with Crippen molar-refractivity contribution in [1.29, 1.82) is 0 Å². The van der Waals surface area contributed by atoms with Gasteiger partial charge in [0, 0.05) is 6.61 Å². The van der Waals surface area contributed by atoms with Crippen LogP contribution in [-0.2, 0) is 28.6 Å². The molecule has 0 bridgehead atoms. The molecule has 1 aromatic carbocycles. The lowest BCUT2D eigenvalue weighted by molar-refractivity contribution is -0.207. The molecule has 0 radical (unpaired) electrons. The van der Waals surface area contributed by atoms with Gasteiger partial charge in [0.25, 0.3) is 0 Å². The number of carbonyl (C=O) groups excluding carboxylic acids is 3. The highest BCUT2D eigenvalue weighted by molar-refractivity contribution is 5.89. The van der Waals surface area contributed by atoms with Gasteiger partial charge in [-0.2, -0.15) is 0 Å². The van der Waals surface area contributed by atoms with Crippen LogP contribution >= 0.6 is 0 Å². The first-order valence-electron chi connectivity index (χ1n) is 14.3. The summed E-state index contributed by atoms with van der Waals surface area (Å²) in [5, 5.41) is 9.58. The first-order valence-corrected chi connectivity index (χ1v) is 14.3. The number of aromatic hydroxyl groups is 1. The standard InChI is InChI=1S/C31H48O8/c1-9-28(6,25(33)38-24-17-15-23(32)16-18-24)21-30(8,26(34)37-22(5)36-12-4)29(7,10-2)27(35)39-31(11-3)19-13-14-20-31/h15-18,22,32H,9-14,19-21H2,1-8H3. The van der Waals surface area contributed by atoms with E-state index in [9.17, 15) is 19.5 Å². The Morgan fingerprint density at radius 2 is 1.49 bits per heavy atom. The third-order valence-electron chi connectivity index (χ3n) is 9.03. The van der Waals surface area contributed by atoms with Gasteiger partial charge in [-0.15, -0.1) is 0 Å². The van der Waals surface area contributed by atoms with E-state index < -0.39 is 46.0 Å². The zero-order valence-corrected chi connectivity index (χ0v) is 25.1. The molecule has 1 fully saturated rings. The predicted molar refractivity (Wildman–Crippen MR) is 148 cm³/mol. The van der Waals surface area contributed by atoms with E-state index in [1.165, 1.54) is 24.3 Å². The number of ether oxygens (including phenoxy) is 4. The van der Waals surface area contributed by atoms with Gasteiger partial charge in [-0.05, 0) is 110 Å². The van der Waals surface area contributed by atoms with Crippen molar-refractivity contribution in [2.24, 2.45) is 16.2 Å². The van der Waals surface area contributed by atoms with E-state index in [0.29, 0.717) is 25.9 Å². The molecule has 39 heavy (non-hydrogen) atoms. The molecule has 220 valence electrons. The maximum Gasteiger partial charge on any atom is 0.317 e. The van der Waals surface area contributed by atoms with E-state index in [4.69, 9.17) is 18.9 Å². The maximum absolute atomic E-state index is 14.0. The van der Waals surface area contributed by atoms with Crippen LogP contribution in [0.25, 0.3) is 0 Å². The van der Waals surface area contributed by atoms with E-state index in [0.717, 1.165) is 25.7 Å². The summed E-state index contributed by atoms with van der Waals surface area (Å²) in [5.41, 5.74) is -4.43. The van der Waals surface area contributed by atoms with Crippen molar-refractivity contribution in [2.45, 2.75) is 119 Å². The zero-order chi connectivity index (χ0) is 29.5. The Morgan fingerprint density at radius 3 is 1.97 bits per heavy atom. The number of phenols is 1. The van der Waals surface area contributed by atoms with Crippen molar-refractivity contribution < 1.29 is 38.4 Å². The molecule has 0 amide bonds. The Balaban J connectivity index is 2.51. The number of hydrogen-bond acceptors (Lipinski definition) is 8. The molecule has 0 saturated heterocycles. The predicted octanol–water partition coefficient (Wildman–Crippen LogP) is 6.72. The van der Waals surface area contributed by atoms with Crippen LogP contribution < -0.4 is 4.74 Å². The van der Waals surface area contributed by atoms with Gasteiger partial charge in [-0.1, -0.05) is 20.8 Å². The molecule has 8 heteroatoms. The fourth-order valence-electron chi connectivity index (χ4n) is 5.52. The first kappa shape index (κ1) is 32.6. The summed E-state index contributed by atoms with van der Waals surface area (Å²) in [7, 11) is 0. The monoisotopic (exact) mass is 548 g/mol. The molecule has 1 aliphatic rings. The van der Waals surface area contributed by atoms with Crippen LogP contribution in [0.15, 0.2) is 24.3 Å². The summed E-state index contributed by atoms with van der Waals surface area (Å²) >= 11 is 0. The van der Waals surface area contributed by atoms with Crippen molar-refractivity contribution >= 4 is 17.9 Å². The van der Waals surface area contributed by atoms with Gasteiger partial charge in [0.2, 0.25) is 0 Å². The van der Waals surface area contributed by atoms with E-state index in [1.807, 2.05) is 20.8 Å². The molecule has 0 spiro atoms. The average molecular weight is 549 g/mol. The lowest BCUT2D eigenvalue weighted by atomic mass is 9.57. The molecule has 0 heterocycles. The van der Waals surface area contributed by atoms with Crippen LogP contribution in [0, 0.1) is 16.2 Å². The van der Waals surface area contributed by atoms with Gasteiger partial charge >= 0.3 is 17.9 Å². The fraction of sp³-hybridized carbons (Fsp3) is 0.710. The summed E-state index contributed by atoms with van der Waals surface area (Å²) in [6.07, 6.45) is 4.09. The van der Waals surface area contributed by atoms with Gasteiger partial charge in [0.1, 0.15) is 17.1 Å². The summed E-state index contributed by atoms with van der Waals surface area (Å²) in [6, 6.07) is 5.86. The first-order chi connectivity index (χ1) is 18.2. The smallest absolute Gasteiger partial charge is 0.317 e. The number of rotatable bonds is 14. The summed E-state index contributed by atoms with van der Waals surface area (Å²) in [5.74, 6) is -1.30. The van der Waals surface area contributed by atoms with Gasteiger partial charge < -0.3 is 24.1 Å². The molecule has 1 N–H and O–H groups in total. The minimum absolute atomic E-state index is 0.0103. The Hall–Kier alpha value is -2.61. The summed E-state index contributed by atoms with van der Waals surface area (Å²) in [4.78, 5) is 41.6. The minimum atomic E-state index is -1.45. The molecule has 1 saturated carbocycles. The molecule has 2 rings (SSSR count). The number of carbonyl (C=O) groups is 3. The molecular weight excluding hydrogens is 500 g/mol. The number of hydrogen-bond donors (Lipinski definition) is 1. The van der Waals surface area contributed by atoms with Crippen molar-refractivity contribution in [2.75, 3.05) is 6.61 Å². The fourth-order valence-corrected chi connectivity index (χ4v) is 5.52. The Kier molecular flexibility index (Phi) is 11.0. The molecule has 4 unspecified atom stereocenters. The Morgan fingerprint density at radius 1 is 0.897 bits per heavy atom. The van der Waals surface area contributed by atoms with Gasteiger partial charge in [0.15, 0.2) is 6.29 Å². The zero-order valence-electron chi connectivity index (χ0n) is 25.1. The quantitative estimate of drug-likeness (QED) is 0.155. The highest BCUT2D eigenvalue weighted by atomic mass is 16.7. The van der Waals surface area contributed by atoms with E-state index in [1.54, 1.807) is 34.6 Å². The largest absolute Gasteiger partial charge is 0.508 e. The van der Waals surface area contributed by atoms with Crippen LogP contribution in [0.3, 0.4) is 0 Å². The highest BCUT2D eigenvalue weighted by Gasteiger charge is 2.60. The Labute approximate surface area is 233 Å². The SMILES string of the molecule is CCOC(C)OC(=O)C(C)(CC(C)(CC)C(=O)Oc1ccc(O)cc1)C(C)(CC)C(=O)OC1(CC)CCCC1. The van der Waals surface area contributed by atoms with E-state index in [2.05, 4.69) is 0 Å². The molecule has 8 nitrogen and oxygen atoms in total. The molecule has 4 atom stereocenters. The Bertz CT molecular complexity index is 983. The average Bonchev–Trinajstić information content (AvgIpc) is 3.37. The topological polar surface area (TPSA) is 108 Å².